The van der Waals surface area contributed by atoms with Crippen LogP contribution in [0.15, 0.2) is 24.3 Å². The predicted molar refractivity (Wildman–Crippen MR) is 89.0 cm³/mol. The molecule has 1 aliphatic carbocycles. The fraction of sp³-hybridized carbons (Fsp3) is 0.294. The van der Waals surface area contributed by atoms with Crippen molar-refractivity contribution in [1.29, 1.82) is 5.26 Å². The van der Waals surface area contributed by atoms with E-state index in [0.717, 1.165) is 12.1 Å². The minimum atomic E-state index is -4.49. The molecular weight excluding hydrogens is 392 g/mol. The number of aliphatic carboxylic acids is 1. The van der Waals surface area contributed by atoms with E-state index in [2.05, 4.69) is 0 Å². The van der Waals surface area contributed by atoms with Gasteiger partial charge in [-0.15, -0.1) is 0 Å². The first-order chi connectivity index (χ1) is 12.0. The summed E-state index contributed by atoms with van der Waals surface area (Å²) in [4.78, 5) is 11.5. The van der Waals surface area contributed by atoms with Gasteiger partial charge in [-0.05, 0) is 31.0 Å². The lowest BCUT2D eigenvalue weighted by molar-refractivity contribution is -0.143. The SMILES string of the molecule is CC1(C(=O)O)CC1n1c(Cl)c(Cl)c(C#N)c1-c1ccc(C(F)(F)F)cc1. The van der Waals surface area contributed by atoms with Gasteiger partial charge in [0.05, 0.1) is 33.3 Å². The molecule has 0 bridgehead atoms. The highest BCUT2D eigenvalue weighted by atomic mass is 35.5. The van der Waals surface area contributed by atoms with E-state index in [-0.39, 0.29) is 27.9 Å². The molecule has 0 amide bonds. The molecule has 1 aromatic carbocycles. The minimum absolute atomic E-state index is 0.00364. The molecule has 2 atom stereocenters. The van der Waals surface area contributed by atoms with Gasteiger partial charge >= 0.3 is 12.1 Å². The van der Waals surface area contributed by atoms with Crippen molar-refractivity contribution in [3.63, 3.8) is 0 Å². The van der Waals surface area contributed by atoms with Crippen molar-refractivity contribution in [2.24, 2.45) is 5.41 Å². The summed E-state index contributed by atoms with van der Waals surface area (Å²) in [5.74, 6) is -1.03. The zero-order valence-electron chi connectivity index (χ0n) is 13.2. The van der Waals surface area contributed by atoms with Crippen LogP contribution in [0.5, 0.6) is 0 Å². The summed E-state index contributed by atoms with van der Waals surface area (Å²) >= 11 is 12.3. The van der Waals surface area contributed by atoms with Crippen molar-refractivity contribution in [2.45, 2.75) is 25.6 Å². The molecule has 1 aliphatic rings. The van der Waals surface area contributed by atoms with E-state index < -0.39 is 29.2 Å². The third kappa shape index (κ3) is 2.74. The Balaban J connectivity index is 2.17. The maximum Gasteiger partial charge on any atom is 0.416 e. The van der Waals surface area contributed by atoms with Crippen LogP contribution in [-0.4, -0.2) is 15.6 Å². The predicted octanol–water partition coefficient (Wildman–Crippen LogP) is 5.39. The Bertz CT molecular complexity index is 945. The van der Waals surface area contributed by atoms with E-state index in [1.54, 1.807) is 0 Å². The van der Waals surface area contributed by atoms with Crippen LogP contribution in [0.3, 0.4) is 0 Å². The normalized spacial score (nSPS) is 22.1. The Labute approximate surface area is 156 Å². The molecule has 1 saturated carbocycles. The number of nitrogens with zero attached hydrogens (tertiary/aromatic N) is 2. The van der Waals surface area contributed by atoms with Crippen molar-refractivity contribution in [2.75, 3.05) is 0 Å². The van der Waals surface area contributed by atoms with Gasteiger partial charge in [-0.3, -0.25) is 4.79 Å². The molecule has 2 aromatic rings. The molecule has 0 spiro atoms. The van der Waals surface area contributed by atoms with Gasteiger partial charge in [0.1, 0.15) is 11.2 Å². The topological polar surface area (TPSA) is 66.0 Å². The highest BCUT2D eigenvalue weighted by molar-refractivity contribution is 6.43. The summed E-state index contributed by atoms with van der Waals surface area (Å²) in [5.41, 5.74) is -1.42. The third-order valence-corrected chi connectivity index (χ3v) is 5.52. The lowest BCUT2D eigenvalue weighted by Crippen LogP contribution is -2.15. The Morgan fingerprint density at radius 1 is 1.35 bits per heavy atom. The molecule has 1 aromatic heterocycles. The summed E-state index contributed by atoms with van der Waals surface area (Å²) < 4.78 is 39.8. The van der Waals surface area contributed by atoms with E-state index in [1.165, 1.54) is 23.6 Å². The molecule has 3 rings (SSSR count). The lowest BCUT2D eigenvalue weighted by atomic mass is 10.1. The van der Waals surface area contributed by atoms with Gasteiger partial charge < -0.3 is 9.67 Å². The second-order valence-electron chi connectivity index (χ2n) is 6.33. The molecule has 26 heavy (non-hydrogen) atoms. The minimum Gasteiger partial charge on any atom is -0.481 e. The van der Waals surface area contributed by atoms with Crippen molar-refractivity contribution in [1.82, 2.24) is 4.57 Å². The van der Waals surface area contributed by atoms with E-state index >= 15 is 0 Å². The number of alkyl halides is 3. The second kappa shape index (κ2) is 5.93. The standard InChI is InChI=1S/C17H11Cl2F3N2O2/c1-16(15(25)26)6-11(16)24-13(10(7-23)12(18)14(24)19)8-2-4-9(5-3-8)17(20,21)22/h2-5,11H,6H2,1H3,(H,25,26). The molecule has 9 heteroatoms. The Morgan fingerprint density at radius 2 is 1.92 bits per heavy atom. The van der Waals surface area contributed by atoms with Gasteiger partial charge in [-0.25, -0.2) is 0 Å². The van der Waals surface area contributed by atoms with Crippen LogP contribution in [0.2, 0.25) is 10.2 Å². The van der Waals surface area contributed by atoms with Gasteiger partial charge in [0.15, 0.2) is 0 Å². The number of hydrogen-bond acceptors (Lipinski definition) is 2. The number of rotatable bonds is 3. The van der Waals surface area contributed by atoms with Gasteiger partial charge in [-0.2, -0.15) is 18.4 Å². The third-order valence-electron chi connectivity index (χ3n) is 4.68. The van der Waals surface area contributed by atoms with Crippen LogP contribution in [0.4, 0.5) is 13.2 Å². The zero-order chi connectivity index (χ0) is 19.4. The van der Waals surface area contributed by atoms with Crippen LogP contribution in [0.1, 0.15) is 30.5 Å². The smallest absolute Gasteiger partial charge is 0.416 e. The Morgan fingerprint density at radius 3 is 2.35 bits per heavy atom. The van der Waals surface area contributed by atoms with Gasteiger partial charge in [-0.1, -0.05) is 35.3 Å². The fourth-order valence-corrected chi connectivity index (χ4v) is 3.50. The molecule has 2 unspecified atom stereocenters. The number of hydrogen-bond donors (Lipinski definition) is 1. The van der Waals surface area contributed by atoms with Gasteiger partial charge in [0, 0.05) is 0 Å². The number of carbonyl (C=O) groups is 1. The first-order valence-corrected chi connectivity index (χ1v) is 8.18. The van der Waals surface area contributed by atoms with E-state index in [4.69, 9.17) is 23.2 Å². The number of benzene rings is 1. The van der Waals surface area contributed by atoms with Crippen LogP contribution in [0, 0.1) is 16.7 Å². The molecule has 1 heterocycles. The fourth-order valence-electron chi connectivity index (χ4n) is 2.98. The highest BCUT2D eigenvalue weighted by Gasteiger charge is 2.59. The Kier molecular flexibility index (Phi) is 4.25. The summed E-state index contributed by atoms with van der Waals surface area (Å²) in [6, 6.07) is 5.55. The largest absolute Gasteiger partial charge is 0.481 e. The summed E-state index contributed by atoms with van der Waals surface area (Å²) in [6.45, 7) is 1.53. The maximum absolute atomic E-state index is 12.8. The summed E-state index contributed by atoms with van der Waals surface area (Å²) in [5, 5.41) is 18.7. The summed E-state index contributed by atoms with van der Waals surface area (Å²) in [6.07, 6.45) is -4.22. The quantitative estimate of drug-likeness (QED) is 0.748. The van der Waals surface area contributed by atoms with Crippen molar-refractivity contribution >= 4 is 29.2 Å². The van der Waals surface area contributed by atoms with Crippen molar-refractivity contribution in [3.05, 3.63) is 45.6 Å². The van der Waals surface area contributed by atoms with E-state index in [1.807, 2.05) is 6.07 Å². The first-order valence-electron chi connectivity index (χ1n) is 7.42. The average molecular weight is 403 g/mol. The first kappa shape index (κ1) is 18.6. The lowest BCUT2D eigenvalue weighted by Gasteiger charge is -2.14. The summed E-state index contributed by atoms with van der Waals surface area (Å²) in [7, 11) is 0. The molecule has 4 nitrogen and oxygen atoms in total. The molecule has 0 aliphatic heterocycles. The zero-order valence-corrected chi connectivity index (χ0v) is 14.7. The molecule has 0 saturated heterocycles. The van der Waals surface area contributed by atoms with Crippen LogP contribution in [0.25, 0.3) is 11.3 Å². The average Bonchev–Trinajstić information content (AvgIpc) is 3.19. The number of carboxylic acid groups (broad SMARTS) is 1. The molecule has 136 valence electrons. The molecule has 1 N–H and O–H groups in total. The maximum atomic E-state index is 12.8. The second-order valence-corrected chi connectivity index (χ2v) is 7.06. The number of carboxylic acids is 1. The van der Waals surface area contributed by atoms with Crippen LogP contribution >= 0.6 is 23.2 Å². The molecule has 1 fully saturated rings. The van der Waals surface area contributed by atoms with Gasteiger partial charge in [0.25, 0.3) is 0 Å². The van der Waals surface area contributed by atoms with Crippen LogP contribution in [-0.2, 0) is 11.0 Å². The Hall–Kier alpha value is -2.17. The van der Waals surface area contributed by atoms with Crippen molar-refractivity contribution in [3.8, 4) is 17.3 Å². The number of nitriles is 1. The highest BCUT2D eigenvalue weighted by Crippen LogP contribution is 2.59. The van der Waals surface area contributed by atoms with Crippen LogP contribution < -0.4 is 0 Å². The monoisotopic (exact) mass is 402 g/mol. The number of aromatic nitrogens is 1. The number of halogens is 5. The molecular formula is C17H11Cl2F3N2O2. The van der Waals surface area contributed by atoms with Gasteiger partial charge in [0.2, 0.25) is 0 Å². The van der Waals surface area contributed by atoms with E-state index in [9.17, 15) is 28.3 Å². The van der Waals surface area contributed by atoms with Crippen molar-refractivity contribution < 1.29 is 23.1 Å². The molecule has 0 radical (unpaired) electrons. The van der Waals surface area contributed by atoms with E-state index in [0.29, 0.717) is 5.56 Å².